The van der Waals surface area contributed by atoms with Crippen molar-refractivity contribution in [2.45, 2.75) is 50.1 Å². The van der Waals surface area contributed by atoms with Gasteiger partial charge in [-0.05, 0) is 43.4 Å². The summed E-state index contributed by atoms with van der Waals surface area (Å²) in [4.78, 5) is 17.5. The smallest absolute Gasteiger partial charge is 0.407 e. The van der Waals surface area contributed by atoms with Crippen molar-refractivity contribution in [3.05, 3.63) is 41.5 Å². The summed E-state index contributed by atoms with van der Waals surface area (Å²) in [5, 5.41) is 13.4. The van der Waals surface area contributed by atoms with Crippen molar-refractivity contribution >= 4 is 21.8 Å². The van der Waals surface area contributed by atoms with Crippen LogP contribution in [-0.2, 0) is 16.4 Å². The lowest BCUT2D eigenvalue weighted by molar-refractivity contribution is 0.0918. The summed E-state index contributed by atoms with van der Waals surface area (Å²) >= 11 is 0. The van der Waals surface area contributed by atoms with Crippen LogP contribution in [0.15, 0.2) is 28.8 Å². The second kappa shape index (κ2) is 7.08. The molecule has 2 atom stereocenters. The maximum Gasteiger partial charge on any atom is 0.407 e. The highest BCUT2D eigenvalue weighted by atomic mass is 32.2. The van der Waals surface area contributed by atoms with Crippen LogP contribution in [0.5, 0.6) is 0 Å². The van der Waals surface area contributed by atoms with Gasteiger partial charge in [0.15, 0.2) is 5.82 Å². The average molecular weight is 406 g/mol. The summed E-state index contributed by atoms with van der Waals surface area (Å²) in [5.74, 6) is 1.23. The van der Waals surface area contributed by atoms with E-state index in [1.165, 1.54) is 0 Å². The van der Waals surface area contributed by atoms with Crippen molar-refractivity contribution in [3.63, 3.8) is 0 Å². The zero-order chi connectivity index (χ0) is 19.9. The number of nitrogens with one attached hydrogen (secondary N) is 1. The monoisotopic (exact) mass is 406 g/mol. The van der Waals surface area contributed by atoms with Crippen LogP contribution in [0.1, 0.15) is 48.9 Å². The molecule has 4 rings (SSSR count). The first-order valence-electron chi connectivity index (χ1n) is 9.19. The molecule has 1 aromatic carbocycles. The minimum Gasteiger partial charge on any atom is -0.465 e. The third-order valence-corrected chi connectivity index (χ3v) is 6.01. The number of amides is 1. The lowest BCUT2D eigenvalue weighted by Crippen LogP contribution is -2.45. The molecular weight excluding hydrogens is 384 g/mol. The van der Waals surface area contributed by atoms with Crippen LogP contribution in [-0.4, -0.2) is 53.0 Å². The first-order valence-corrected chi connectivity index (χ1v) is 11.1. The van der Waals surface area contributed by atoms with Gasteiger partial charge in [0.25, 0.3) is 0 Å². The number of hydrogen-bond acceptors (Lipinski definition) is 6. The highest BCUT2D eigenvalue weighted by Gasteiger charge is 2.45. The van der Waals surface area contributed by atoms with Gasteiger partial charge >= 0.3 is 6.09 Å². The van der Waals surface area contributed by atoms with Crippen LogP contribution < -0.4 is 4.72 Å². The standard InChI is InChI=1S/C18H22N4O5S/c1-28(25,26)21-13-4-2-11(3-5-13)8-16-19-17(27-20-16)12-9-14-6-7-15(10-12)22(14)18(23)24/h2-5,12,14-15,21H,6-10H2,1H3,(H,23,24). The molecule has 2 bridgehead atoms. The van der Waals surface area contributed by atoms with Gasteiger partial charge < -0.3 is 14.5 Å². The van der Waals surface area contributed by atoms with Crippen molar-refractivity contribution in [2.75, 3.05) is 11.0 Å². The molecule has 0 aliphatic carbocycles. The van der Waals surface area contributed by atoms with Crippen molar-refractivity contribution in [3.8, 4) is 0 Å². The molecule has 2 aliphatic rings. The Bertz CT molecular complexity index is 958. The number of sulfonamides is 1. The minimum absolute atomic E-state index is 0.0338. The van der Waals surface area contributed by atoms with Gasteiger partial charge in [-0.25, -0.2) is 13.2 Å². The summed E-state index contributed by atoms with van der Waals surface area (Å²) in [6.45, 7) is 0. The Kier molecular flexibility index (Phi) is 4.74. The van der Waals surface area contributed by atoms with E-state index in [0.29, 0.717) is 23.8 Å². The van der Waals surface area contributed by atoms with E-state index in [1.807, 2.05) is 12.1 Å². The third kappa shape index (κ3) is 3.96. The average Bonchev–Trinajstić information content (AvgIpc) is 3.18. The first-order chi connectivity index (χ1) is 13.3. The molecule has 2 unspecified atom stereocenters. The Morgan fingerprint density at radius 2 is 1.89 bits per heavy atom. The van der Waals surface area contributed by atoms with E-state index in [-0.39, 0.29) is 18.0 Å². The van der Waals surface area contributed by atoms with Crippen LogP contribution in [0.25, 0.3) is 0 Å². The Morgan fingerprint density at radius 3 is 2.46 bits per heavy atom. The van der Waals surface area contributed by atoms with Gasteiger partial charge in [-0.3, -0.25) is 4.72 Å². The Hall–Kier alpha value is -2.62. The van der Waals surface area contributed by atoms with Crippen LogP contribution in [0.2, 0.25) is 0 Å². The number of hydrogen-bond donors (Lipinski definition) is 2. The zero-order valence-corrected chi connectivity index (χ0v) is 16.2. The van der Waals surface area contributed by atoms with E-state index in [1.54, 1.807) is 17.0 Å². The van der Waals surface area contributed by atoms with E-state index >= 15 is 0 Å². The van der Waals surface area contributed by atoms with Crippen LogP contribution in [0.4, 0.5) is 10.5 Å². The number of piperidine rings is 1. The van der Waals surface area contributed by atoms with E-state index in [4.69, 9.17) is 4.52 Å². The molecule has 1 amide bonds. The Balaban J connectivity index is 1.41. The van der Waals surface area contributed by atoms with Crippen molar-refractivity contribution in [1.29, 1.82) is 0 Å². The van der Waals surface area contributed by atoms with E-state index in [0.717, 1.165) is 37.5 Å². The number of carboxylic acid groups (broad SMARTS) is 1. The Morgan fingerprint density at radius 1 is 1.25 bits per heavy atom. The number of aromatic nitrogens is 2. The number of fused-ring (bicyclic) bond motifs is 2. The van der Waals surface area contributed by atoms with Crippen LogP contribution >= 0.6 is 0 Å². The van der Waals surface area contributed by atoms with Crippen molar-refractivity contribution < 1.29 is 22.8 Å². The molecule has 150 valence electrons. The summed E-state index contributed by atoms with van der Waals surface area (Å²) in [7, 11) is -3.30. The highest BCUT2D eigenvalue weighted by molar-refractivity contribution is 7.92. The lowest BCUT2D eigenvalue weighted by atomic mass is 9.91. The normalized spacial score (nSPS) is 24.3. The number of nitrogens with zero attached hydrogens (tertiary/aromatic N) is 3. The molecule has 2 saturated heterocycles. The second-order valence-corrected chi connectivity index (χ2v) is 9.29. The number of carbonyl (C=O) groups is 1. The molecule has 2 aromatic rings. The molecule has 0 saturated carbocycles. The van der Waals surface area contributed by atoms with E-state index in [9.17, 15) is 18.3 Å². The molecule has 9 nitrogen and oxygen atoms in total. The fourth-order valence-electron chi connectivity index (χ4n) is 4.28. The highest BCUT2D eigenvalue weighted by Crippen LogP contribution is 2.42. The molecule has 0 spiro atoms. The quantitative estimate of drug-likeness (QED) is 0.781. The lowest BCUT2D eigenvalue weighted by Gasteiger charge is -2.35. The second-order valence-electron chi connectivity index (χ2n) is 7.54. The molecule has 1 aromatic heterocycles. The van der Waals surface area contributed by atoms with Gasteiger partial charge in [0.05, 0.1) is 6.26 Å². The van der Waals surface area contributed by atoms with Crippen LogP contribution in [0, 0.1) is 0 Å². The fraction of sp³-hybridized carbons (Fsp3) is 0.500. The SMILES string of the molecule is CS(=O)(=O)Nc1ccc(Cc2noc(C3CC4CCC(C3)N4C(=O)O)n2)cc1. The fourth-order valence-corrected chi connectivity index (χ4v) is 4.85. The molecule has 0 radical (unpaired) electrons. The maximum atomic E-state index is 11.4. The molecule has 3 heterocycles. The molecule has 2 aliphatic heterocycles. The molecule has 28 heavy (non-hydrogen) atoms. The number of rotatable bonds is 5. The largest absolute Gasteiger partial charge is 0.465 e. The maximum absolute atomic E-state index is 11.4. The Labute approximate surface area is 162 Å². The molecule has 2 fully saturated rings. The van der Waals surface area contributed by atoms with Gasteiger partial charge in [-0.2, -0.15) is 4.98 Å². The van der Waals surface area contributed by atoms with E-state index in [2.05, 4.69) is 14.9 Å². The third-order valence-electron chi connectivity index (χ3n) is 5.41. The van der Waals surface area contributed by atoms with Gasteiger partial charge in [-0.1, -0.05) is 17.3 Å². The molecule has 2 N–H and O–H groups in total. The summed E-state index contributed by atoms with van der Waals surface area (Å²) in [6, 6.07) is 7.08. The van der Waals surface area contributed by atoms with Gasteiger partial charge in [0.1, 0.15) is 0 Å². The zero-order valence-electron chi connectivity index (χ0n) is 15.4. The van der Waals surface area contributed by atoms with Gasteiger partial charge in [0.2, 0.25) is 15.9 Å². The van der Waals surface area contributed by atoms with Gasteiger partial charge in [0, 0.05) is 30.1 Å². The van der Waals surface area contributed by atoms with Crippen molar-refractivity contribution in [1.82, 2.24) is 15.0 Å². The first kappa shape index (κ1) is 18.7. The number of anilines is 1. The minimum atomic E-state index is -3.30. The van der Waals surface area contributed by atoms with Crippen LogP contribution in [0.3, 0.4) is 0 Å². The predicted molar refractivity (Wildman–Crippen MR) is 101 cm³/mol. The molecular formula is C18H22N4O5S. The topological polar surface area (TPSA) is 126 Å². The summed E-state index contributed by atoms with van der Waals surface area (Å²) < 4.78 is 30.4. The summed E-state index contributed by atoms with van der Waals surface area (Å²) in [6.07, 6.45) is 3.96. The molecule has 10 heteroatoms. The number of benzene rings is 1. The predicted octanol–water partition coefficient (Wildman–Crippen LogP) is 2.42. The summed E-state index contributed by atoms with van der Waals surface area (Å²) in [5.41, 5.74) is 1.44. The van der Waals surface area contributed by atoms with Crippen molar-refractivity contribution in [2.24, 2.45) is 0 Å². The van der Waals surface area contributed by atoms with E-state index < -0.39 is 16.1 Å². The van der Waals surface area contributed by atoms with Gasteiger partial charge in [-0.15, -0.1) is 0 Å².